The van der Waals surface area contributed by atoms with Crippen LogP contribution in [0.1, 0.15) is 53.9 Å². The molecule has 226 valence electrons. The number of alkyl halides is 6. The molecular weight excluding hydrogens is 550 g/mol. The summed E-state index contributed by atoms with van der Waals surface area (Å²) < 4.78 is 79.0. The molecule has 0 radical (unpaired) electrons. The van der Waals surface area contributed by atoms with Crippen LogP contribution in [-0.2, 0) is 24.0 Å². The third kappa shape index (κ3) is 6.37. The minimum absolute atomic E-state index is 0.0456. The molecule has 0 aromatic carbocycles. The number of carbonyl (C=O) groups excluding carboxylic acids is 5. The number of halogens is 6. The van der Waals surface area contributed by atoms with Gasteiger partial charge in [0.05, 0.1) is 6.04 Å². The quantitative estimate of drug-likeness (QED) is 0.282. The van der Waals surface area contributed by atoms with Crippen LogP contribution in [0.2, 0.25) is 0 Å². The largest absolute Gasteiger partial charge is 0.409 e. The van der Waals surface area contributed by atoms with E-state index in [1.54, 1.807) is 5.32 Å². The van der Waals surface area contributed by atoms with E-state index in [1.165, 1.54) is 20.8 Å². The molecule has 1 saturated heterocycles. The fraction of sp³-hybridized carbons (Fsp3) is 0.800. The highest BCUT2D eigenvalue weighted by Crippen LogP contribution is 2.65. The highest BCUT2D eigenvalue weighted by Gasteiger charge is 2.70. The van der Waals surface area contributed by atoms with Crippen molar-refractivity contribution in [3.05, 3.63) is 0 Å². The number of primary amides is 1. The molecule has 1 heterocycles. The molecule has 3 rings (SSSR count). The van der Waals surface area contributed by atoms with Crippen molar-refractivity contribution in [2.75, 3.05) is 6.54 Å². The minimum atomic E-state index is -5.96. The normalized spacial score (nSPS) is 25.6. The van der Waals surface area contributed by atoms with Crippen LogP contribution in [0, 0.1) is 34.5 Å². The maximum Gasteiger partial charge on any atom is 0.409 e. The number of rotatable bonds is 9. The minimum Gasteiger partial charge on any atom is -0.363 e. The van der Waals surface area contributed by atoms with Crippen molar-refractivity contribution < 1.29 is 50.3 Å². The molecule has 4 amide bonds. The van der Waals surface area contributed by atoms with E-state index in [2.05, 4.69) is 5.32 Å². The van der Waals surface area contributed by atoms with Gasteiger partial charge in [-0.15, -0.1) is 0 Å². The van der Waals surface area contributed by atoms with Crippen LogP contribution in [0.4, 0.5) is 26.3 Å². The zero-order chi connectivity index (χ0) is 30.7. The fourth-order valence-corrected chi connectivity index (χ4v) is 5.68. The number of hydrogen-bond acceptors (Lipinski definition) is 5. The van der Waals surface area contributed by atoms with E-state index in [9.17, 15) is 50.3 Å². The highest BCUT2D eigenvalue weighted by atomic mass is 19.4. The van der Waals surface area contributed by atoms with Crippen LogP contribution < -0.4 is 16.4 Å². The van der Waals surface area contributed by atoms with Crippen molar-refractivity contribution in [1.29, 1.82) is 0 Å². The number of fused-ring (bicyclic) bond motifs is 1. The first-order chi connectivity index (χ1) is 18.0. The predicted molar refractivity (Wildman–Crippen MR) is 127 cm³/mol. The molecule has 1 aliphatic heterocycles. The summed E-state index contributed by atoms with van der Waals surface area (Å²) in [6, 6.07) is -4.33. The zero-order valence-electron chi connectivity index (χ0n) is 22.7. The highest BCUT2D eigenvalue weighted by molar-refractivity contribution is 6.37. The number of piperidine rings is 1. The van der Waals surface area contributed by atoms with Crippen LogP contribution in [0.25, 0.3) is 0 Å². The van der Waals surface area contributed by atoms with Crippen molar-refractivity contribution in [3.63, 3.8) is 0 Å². The lowest BCUT2D eigenvalue weighted by Crippen LogP contribution is -2.62. The Kier molecular flexibility index (Phi) is 8.07. The summed E-state index contributed by atoms with van der Waals surface area (Å²) in [7, 11) is 0. The third-order valence-corrected chi connectivity index (χ3v) is 8.22. The average Bonchev–Trinajstić information content (AvgIpc) is 3.60. The molecule has 0 spiro atoms. The zero-order valence-corrected chi connectivity index (χ0v) is 22.7. The molecule has 0 aromatic heterocycles. The number of hydrogen-bond donors (Lipinski definition) is 3. The summed E-state index contributed by atoms with van der Waals surface area (Å²) in [5.41, 5.74) is 3.34. The standard InChI is InChI=1S/C25H34F6N4O5/c1-22(2,3)17(34-20(39)16(24(26,27)28)25(29,30)31)21(40)35-9-11-13(23(11,4)5)14(35)19(38)33-12(8-10-6-7-10)15(36)18(32)37/h10-14,16-17H,6-9H2,1-5H3,(H2,32,37)(H,33,38)(H,34,39)/t11-,12?,13?,14-,17?/m0/s1. The van der Waals surface area contributed by atoms with E-state index >= 15 is 0 Å². The monoisotopic (exact) mass is 584 g/mol. The van der Waals surface area contributed by atoms with Gasteiger partial charge in [-0.25, -0.2) is 0 Å². The Hall–Kier alpha value is -2.87. The summed E-state index contributed by atoms with van der Waals surface area (Å²) in [6.45, 7) is 7.66. The number of nitrogens with two attached hydrogens (primary N) is 1. The van der Waals surface area contributed by atoms with Crippen molar-refractivity contribution in [2.45, 2.75) is 84.4 Å². The average molecular weight is 585 g/mol. The lowest BCUT2D eigenvalue weighted by Gasteiger charge is -2.38. The molecule has 3 unspecified atom stereocenters. The van der Waals surface area contributed by atoms with Crippen LogP contribution in [0.15, 0.2) is 0 Å². The molecule has 9 nitrogen and oxygen atoms in total. The van der Waals surface area contributed by atoms with E-state index < -0.39 is 82.6 Å². The lowest BCUT2D eigenvalue weighted by atomic mass is 9.84. The van der Waals surface area contributed by atoms with Gasteiger partial charge in [-0.3, -0.25) is 24.0 Å². The van der Waals surface area contributed by atoms with Crippen LogP contribution in [0.3, 0.4) is 0 Å². The summed E-state index contributed by atoms with van der Waals surface area (Å²) in [4.78, 5) is 64.5. The Bertz CT molecular complexity index is 1070. The Labute approximate surface area is 226 Å². The van der Waals surface area contributed by atoms with Gasteiger partial charge >= 0.3 is 12.4 Å². The molecular formula is C25H34F6N4O5. The molecule has 3 aliphatic rings. The maximum atomic E-state index is 13.7. The topological polar surface area (TPSA) is 139 Å². The Balaban J connectivity index is 1.89. The molecule has 5 atom stereocenters. The number of likely N-dealkylation sites (tertiary alicyclic amines) is 1. The molecule has 2 saturated carbocycles. The fourth-order valence-electron chi connectivity index (χ4n) is 5.68. The first kappa shape index (κ1) is 31.7. The van der Waals surface area contributed by atoms with Gasteiger partial charge in [-0.2, -0.15) is 26.3 Å². The van der Waals surface area contributed by atoms with E-state index in [0.29, 0.717) is 0 Å². The first-order valence-electron chi connectivity index (χ1n) is 12.9. The number of ketones is 1. The number of carbonyl (C=O) groups is 5. The van der Waals surface area contributed by atoms with Crippen molar-refractivity contribution in [1.82, 2.24) is 15.5 Å². The van der Waals surface area contributed by atoms with Gasteiger partial charge in [0.2, 0.25) is 29.4 Å². The lowest BCUT2D eigenvalue weighted by molar-refractivity contribution is -0.274. The summed E-state index contributed by atoms with van der Waals surface area (Å²) in [5.74, 6) is -11.5. The molecule has 0 bridgehead atoms. The molecule has 4 N–H and O–H groups in total. The summed E-state index contributed by atoms with van der Waals surface area (Å²) in [6.07, 6.45) is -10.2. The SMILES string of the molecule is CC(C)(C)C(NC(=O)C(C(F)(F)F)C(F)(F)F)C(=O)N1C[C@H]2C([C@H]1C(=O)NC(CC1CC1)C(=O)C(N)=O)C2(C)C. The summed E-state index contributed by atoms with van der Waals surface area (Å²) in [5, 5.41) is 4.15. The maximum absolute atomic E-state index is 13.7. The number of nitrogens with zero attached hydrogens (tertiary/aromatic N) is 1. The first-order valence-corrected chi connectivity index (χ1v) is 12.9. The van der Waals surface area contributed by atoms with E-state index in [0.717, 1.165) is 17.7 Å². The smallest absolute Gasteiger partial charge is 0.363 e. The Morgan fingerprint density at radius 2 is 1.48 bits per heavy atom. The molecule has 2 aliphatic carbocycles. The van der Waals surface area contributed by atoms with E-state index in [-0.39, 0.29) is 24.8 Å². The Morgan fingerprint density at radius 3 is 1.90 bits per heavy atom. The molecule has 0 aromatic rings. The second kappa shape index (κ2) is 10.2. The Morgan fingerprint density at radius 1 is 0.950 bits per heavy atom. The van der Waals surface area contributed by atoms with E-state index in [4.69, 9.17) is 5.73 Å². The van der Waals surface area contributed by atoms with Crippen molar-refractivity contribution in [2.24, 2.45) is 40.2 Å². The number of amides is 4. The van der Waals surface area contributed by atoms with Gasteiger partial charge < -0.3 is 21.3 Å². The van der Waals surface area contributed by atoms with Crippen LogP contribution in [-0.4, -0.2) is 71.3 Å². The third-order valence-electron chi connectivity index (χ3n) is 8.22. The number of Topliss-reactive ketones (excluding diaryl/α,β-unsaturated/α-hetero) is 1. The number of nitrogens with one attached hydrogen (secondary N) is 2. The van der Waals surface area contributed by atoms with Gasteiger partial charge in [0.25, 0.3) is 5.91 Å². The molecule has 15 heteroatoms. The predicted octanol–water partition coefficient (Wildman–Crippen LogP) is 2.08. The van der Waals surface area contributed by atoms with E-state index in [1.807, 2.05) is 13.8 Å². The van der Waals surface area contributed by atoms with Crippen LogP contribution >= 0.6 is 0 Å². The second-order valence-corrected chi connectivity index (χ2v) is 12.7. The van der Waals surface area contributed by atoms with Gasteiger partial charge in [0.1, 0.15) is 12.1 Å². The van der Waals surface area contributed by atoms with Gasteiger partial charge in [0, 0.05) is 6.54 Å². The van der Waals surface area contributed by atoms with Crippen molar-refractivity contribution in [3.8, 4) is 0 Å². The molecule has 3 fully saturated rings. The molecule has 40 heavy (non-hydrogen) atoms. The summed E-state index contributed by atoms with van der Waals surface area (Å²) >= 11 is 0. The van der Waals surface area contributed by atoms with Gasteiger partial charge in [-0.05, 0) is 35.0 Å². The van der Waals surface area contributed by atoms with Crippen LogP contribution in [0.5, 0.6) is 0 Å². The second-order valence-electron chi connectivity index (χ2n) is 12.7. The van der Waals surface area contributed by atoms with Gasteiger partial charge in [-0.1, -0.05) is 47.5 Å². The van der Waals surface area contributed by atoms with Crippen molar-refractivity contribution >= 4 is 29.4 Å². The van der Waals surface area contributed by atoms with Gasteiger partial charge in [0.15, 0.2) is 0 Å².